The molecular weight excluding hydrogens is 286 g/mol. The molecule has 6 nitrogen and oxygen atoms in total. The maximum Gasteiger partial charge on any atom is 0.506 e. The van der Waals surface area contributed by atoms with Crippen molar-refractivity contribution in [2.45, 2.75) is 38.5 Å². The van der Waals surface area contributed by atoms with Gasteiger partial charge in [-0.15, -0.1) is 0 Å². The number of nitro groups is 1. The largest absolute Gasteiger partial charge is 0.506 e. The molecule has 0 aromatic heterocycles. The predicted molar refractivity (Wildman–Crippen MR) is 83.0 cm³/mol. The van der Waals surface area contributed by atoms with Crippen molar-refractivity contribution in [3.8, 4) is 0 Å². The molecule has 1 N–H and O–H groups in total. The van der Waals surface area contributed by atoms with Crippen LogP contribution in [0.1, 0.15) is 37.7 Å². The molecule has 1 aromatic rings. The Morgan fingerprint density at radius 1 is 1.14 bits per heavy atom. The average molecular weight is 307 g/mol. The summed E-state index contributed by atoms with van der Waals surface area (Å²) in [7, 11) is 0. The van der Waals surface area contributed by atoms with Gasteiger partial charge in [-0.2, -0.15) is 0 Å². The van der Waals surface area contributed by atoms with Gasteiger partial charge in [0.05, 0.1) is 4.92 Å². The third-order valence-electron chi connectivity index (χ3n) is 3.20. The molecule has 0 unspecified atom stereocenters. The summed E-state index contributed by atoms with van der Waals surface area (Å²) < 4.78 is 4.35. The van der Waals surface area contributed by atoms with Gasteiger partial charge in [-0.1, -0.05) is 37.1 Å². The summed E-state index contributed by atoms with van der Waals surface area (Å²) >= 11 is 0. The number of non-ortho nitro benzene ring substituents is 1. The number of benzene rings is 1. The second-order valence-electron chi connectivity index (χ2n) is 4.92. The van der Waals surface area contributed by atoms with Crippen molar-refractivity contribution in [1.82, 2.24) is 0 Å². The van der Waals surface area contributed by atoms with E-state index in [9.17, 15) is 14.9 Å². The van der Waals surface area contributed by atoms with E-state index >= 15 is 0 Å². The highest BCUT2D eigenvalue weighted by atomic mass is 16.7. The minimum atomic E-state index is -1.25. The topological polar surface area (TPSA) is 89.7 Å². The summed E-state index contributed by atoms with van der Waals surface area (Å²) in [6, 6.07) is 6.70. The van der Waals surface area contributed by atoms with Crippen molar-refractivity contribution < 1.29 is 19.6 Å². The molecule has 0 aliphatic heterocycles. The molecule has 6 heteroatoms. The number of nitro benzene ring substituents is 1. The van der Waals surface area contributed by atoms with Crippen molar-refractivity contribution in [2.24, 2.45) is 0 Å². The summed E-state index contributed by atoms with van der Waals surface area (Å²) in [5.74, 6) is 0. The quantitative estimate of drug-likeness (QED) is 0.228. The van der Waals surface area contributed by atoms with E-state index in [1.807, 2.05) is 18.2 Å². The van der Waals surface area contributed by atoms with Crippen LogP contribution in [0.25, 0.3) is 0 Å². The molecule has 0 spiro atoms. The summed E-state index contributed by atoms with van der Waals surface area (Å²) in [5, 5.41) is 18.8. The van der Waals surface area contributed by atoms with Crippen molar-refractivity contribution >= 4 is 11.8 Å². The molecule has 1 aromatic carbocycles. The molecule has 0 heterocycles. The molecular formula is C16H21NO5. The van der Waals surface area contributed by atoms with Crippen LogP contribution in [0, 0.1) is 10.1 Å². The summed E-state index contributed by atoms with van der Waals surface area (Å²) in [6.07, 6.45) is 8.57. The molecule has 0 bridgehead atoms. The van der Waals surface area contributed by atoms with Crippen molar-refractivity contribution in [1.29, 1.82) is 0 Å². The number of carboxylic acid groups (broad SMARTS) is 1. The summed E-state index contributed by atoms with van der Waals surface area (Å²) in [6.45, 7) is 0.107. The van der Waals surface area contributed by atoms with Gasteiger partial charge in [0.15, 0.2) is 0 Å². The van der Waals surface area contributed by atoms with E-state index in [2.05, 4.69) is 4.74 Å². The highest BCUT2D eigenvalue weighted by Crippen LogP contribution is 2.14. The van der Waals surface area contributed by atoms with Crippen LogP contribution in [0.4, 0.5) is 10.5 Å². The third-order valence-corrected chi connectivity index (χ3v) is 3.20. The van der Waals surface area contributed by atoms with Crippen LogP contribution in [-0.2, 0) is 11.2 Å². The fourth-order valence-corrected chi connectivity index (χ4v) is 2.03. The molecule has 0 amide bonds. The van der Waals surface area contributed by atoms with Gasteiger partial charge < -0.3 is 9.84 Å². The van der Waals surface area contributed by atoms with Gasteiger partial charge in [-0.3, -0.25) is 10.1 Å². The average Bonchev–Trinajstić information content (AvgIpc) is 2.49. The standard InChI is InChI=1S/C16H21NO5/c18-16(19)22-13-7-5-3-1-2-4-6-8-14-9-11-15(12-10-14)17(20)21/h5,7,9-12H,1-4,6,8,13H2,(H,18,19)/b7-5-. The third kappa shape index (κ3) is 8.04. The lowest BCUT2D eigenvalue weighted by molar-refractivity contribution is -0.384. The Morgan fingerprint density at radius 3 is 2.45 bits per heavy atom. The number of nitrogens with zero attached hydrogens (tertiary/aromatic N) is 1. The van der Waals surface area contributed by atoms with E-state index < -0.39 is 11.1 Å². The number of hydrogen-bond acceptors (Lipinski definition) is 4. The van der Waals surface area contributed by atoms with Crippen LogP contribution in [0.2, 0.25) is 0 Å². The first-order valence-corrected chi connectivity index (χ1v) is 7.33. The summed E-state index contributed by atoms with van der Waals surface area (Å²) in [5.41, 5.74) is 1.25. The molecule has 0 saturated heterocycles. The molecule has 120 valence electrons. The van der Waals surface area contributed by atoms with E-state index in [4.69, 9.17) is 5.11 Å². The molecule has 0 fully saturated rings. The molecule has 0 aliphatic rings. The normalized spacial score (nSPS) is 10.7. The van der Waals surface area contributed by atoms with Crippen LogP contribution in [0.15, 0.2) is 36.4 Å². The molecule has 0 atom stereocenters. The van der Waals surface area contributed by atoms with Crippen molar-refractivity contribution in [2.75, 3.05) is 6.61 Å². The molecule has 22 heavy (non-hydrogen) atoms. The van der Waals surface area contributed by atoms with Crippen LogP contribution >= 0.6 is 0 Å². The first-order chi connectivity index (χ1) is 10.6. The lowest BCUT2D eigenvalue weighted by Crippen LogP contribution is -1.98. The SMILES string of the molecule is O=C(O)OC/C=C\CCCCCCc1ccc([N+](=O)[O-])cc1. The van der Waals surface area contributed by atoms with Crippen LogP contribution in [0.5, 0.6) is 0 Å². The second kappa shape index (κ2) is 10.4. The van der Waals surface area contributed by atoms with Crippen molar-refractivity contribution in [3.05, 3.63) is 52.1 Å². The minimum absolute atomic E-state index is 0.107. The molecule has 0 saturated carbocycles. The first kappa shape index (κ1) is 17.7. The zero-order chi connectivity index (χ0) is 16.2. The van der Waals surface area contributed by atoms with E-state index in [1.165, 1.54) is 0 Å². The number of rotatable bonds is 10. The number of unbranched alkanes of at least 4 members (excludes halogenated alkanes) is 4. The Balaban J connectivity index is 2.03. The Kier molecular flexibility index (Phi) is 8.33. The van der Waals surface area contributed by atoms with Crippen LogP contribution < -0.4 is 0 Å². The van der Waals surface area contributed by atoms with Gasteiger partial charge in [0.1, 0.15) is 6.61 Å². The summed E-state index contributed by atoms with van der Waals surface area (Å²) in [4.78, 5) is 20.2. The monoisotopic (exact) mass is 307 g/mol. The van der Waals surface area contributed by atoms with E-state index in [1.54, 1.807) is 18.2 Å². The van der Waals surface area contributed by atoms with Gasteiger partial charge in [-0.05, 0) is 31.2 Å². The maximum atomic E-state index is 10.5. The lowest BCUT2D eigenvalue weighted by atomic mass is 10.1. The first-order valence-electron chi connectivity index (χ1n) is 7.33. The minimum Gasteiger partial charge on any atom is -0.450 e. The molecule has 0 aliphatic carbocycles. The van der Waals surface area contributed by atoms with E-state index in [0.29, 0.717) is 0 Å². The van der Waals surface area contributed by atoms with Gasteiger partial charge >= 0.3 is 6.16 Å². The van der Waals surface area contributed by atoms with E-state index in [-0.39, 0.29) is 12.3 Å². The Labute approximate surface area is 129 Å². The highest BCUT2D eigenvalue weighted by Gasteiger charge is 2.03. The highest BCUT2D eigenvalue weighted by molar-refractivity contribution is 5.56. The zero-order valence-corrected chi connectivity index (χ0v) is 12.4. The molecule has 0 radical (unpaired) electrons. The fraction of sp³-hybridized carbons (Fsp3) is 0.438. The smallest absolute Gasteiger partial charge is 0.450 e. The van der Waals surface area contributed by atoms with Gasteiger partial charge in [0.25, 0.3) is 5.69 Å². The second-order valence-corrected chi connectivity index (χ2v) is 4.92. The van der Waals surface area contributed by atoms with Crippen LogP contribution in [-0.4, -0.2) is 22.8 Å². The Hall–Kier alpha value is -2.37. The number of carbonyl (C=O) groups is 1. The lowest BCUT2D eigenvalue weighted by Gasteiger charge is -2.01. The number of hydrogen-bond donors (Lipinski definition) is 1. The van der Waals surface area contributed by atoms with Gasteiger partial charge in [-0.25, -0.2) is 4.79 Å². The zero-order valence-electron chi connectivity index (χ0n) is 12.4. The number of aryl methyl sites for hydroxylation is 1. The van der Waals surface area contributed by atoms with Gasteiger partial charge in [0, 0.05) is 12.1 Å². The number of allylic oxidation sites excluding steroid dienone is 1. The maximum absolute atomic E-state index is 10.5. The van der Waals surface area contributed by atoms with Crippen LogP contribution in [0.3, 0.4) is 0 Å². The Morgan fingerprint density at radius 2 is 1.82 bits per heavy atom. The predicted octanol–water partition coefficient (Wildman–Crippen LogP) is 4.34. The fourth-order valence-electron chi connectivity index (χ4n) is 2.03. The van der Waals surface area contributed by atoms with Crippen molar-refractivity contribution in [3.63, 3.8) is 0 Å². The van der Waals surface area contributed by atoms with Gasteiger partial charge in [0.2, 0.25) is 0 Å². The van der Waals surface area contributed by atoms with E-state index in [0.717, 1.165) is 44.1 Å². The molecule has 1 rings (SSSR count). The Bertz CT molecular complexity index is 496. The number of ether oxygens (including phenoxy) is 1.